The number of aromatic amines is 1. The van der Waals surface area contributed by atoms with Gasteiger partial charge in [-0.25, -0.2) is 0 Å². The minimum atomic E-state index is 0.0753. The summed E-state index contributed by atoms with van der Waals surface area (Å²) in [6.07, 6.45) is 4.06. The van der Waals surface area contributed by atoms with Crippen LogP contribution >= 0.6 is 34.7 Å². The minimum Gasteiger partial charge on any atom is -0.489 e. The quantitative estimate of drug-likeness (QED) is 0.500. The molecule has 3 nitrogen and oxygen atoms in total. The topological polar surface area (TPSA) is 42.1 Å². The minimum absolute atomic E-state index is 0.0753. The van der Waals surface area contributed by atoms with Crippen LogP contribution in [0.25, 0.3) is 0 Å². The first-order valence-corrected chi connectivity index (χ1v) is 12.6. The maximum atomic E-state index is 12.2. The van der Waals surface area contributed by atoms with E-state index >= 15 is 0 Å². The Kier molecular flexibility index (Phi) is 4.74. The van der Waals surface area contributed by atoms with Crippen LogP contribution in [-0.2, 0) is 6.61 Å². The van der Waals surface area contributed by atoms with E-state index in [1.165, 1.54) is 41.0 Å². The Hall–Kier alpha value is -1.69. The monoisotopic (exact) mass is 455 g/mol. The largest absolute Gasteiger partial charge is 0.489 e. The van der Waals surface area contributed by atoms with E-state index in [-0.39, 0.29) is 4.87 Å². The molecule has 1 aromatic heterocycles. The molecule has 0 saturated heterocycles. The van der Waals surface area contributed by atoms with E-state index in [1.807, 2.05) is 36.0 Å². The fourth-order valence-electron chi connectivity index (χ4n) is 5.79. The van der Waals surface area contributed by atoms with Gasteiger partial charge in [-0.1, -0.05) is 47.2 Å². The highest BCUT2D eigenvalue weighted by atomic mass is 35.5. The van der Waals surface area contributed by atoms with Crippen LogP contribution in [0, 0.1) is 17.8 Å². The Balaban J connectivity index is 1.28. The van der Waals surface area contributed by atoms with Crippen LogP contribution in [0.2, 0.25) is 5.02 Å². The van der Waals surface area contributed by atoms with Gasteiger partial charge in [0.05, 0.1) is 5.03 Å². The normalized spacial score (nSPS) is 28.9. The second-order valence-electron chi connectivity index (χ2n) is 8.67. The first kappa shape index (κ1) is 19.0. The van der Waals surface area contributed by atoms with Gasteiger partial charge >= 0.3 is 4.87 Å². The Morgan fingerprint density at radius 2 is 1.93 bits per heavy atom. The van der Waals surface area contributed by atoms with Crippen LogP contribution < -0.4 is 9.61 Å². The van der Waals surface area contributed by atoms with Crippen LogP contribution in [0.15, 0.2) is 58.4 Å². The van der Waals surface area contributed by atoms with Crippen LogP contribution in [0.3, 0.4) is 0 Å². The second kappa shape index (κ2) is 7.47. The van der Waals surface area contributed by atoms with Gasteiger partial charge in [-0.05, 0) is 72.4 Å². The lowest BCUT2D eigenvalue weighted by atomic mass is 9.75. The predicted octanol–water partition coefficient (Wildman–Crippen LogP) is 6.32. The van der Waals surface area contributed by atoms with E-state index in [9.17, 15) is 4.79 Å². The molecule has 1 aliphatic heterocycles. The molecular weight excluding hydrogens is 434 g/mol. The summed E-state index contributed by atoms with van der Waals surface area (Å²) in [6.45, 7) is 0.498. The number of fused-ring (bicyclic) bond motifs is 6. The van der Waals surface area contributed by atoms with Crippen LogP contribution in [-0.4, -0.2) is 10.2 Å². The summed E-state index contributed by atoms with van der Waals surface area (Å²) in [5.74, 6) is 3.43. The molecule has 30 heavy (non-hydrogen) atoms. The molecule has 2 saturated carbocycles. The SMILES string of the molecule is O=c1[nH]c2c(s1)[C@H](c1ccc(OCc3cccc(Cl)c3)cc1)C1C3CCC(C3)C1S2. The van der Waals surface area contributed by atoms with Gasteiger partial charge in [0.2, 0.25) is 0 Å². The Morgan fingerprint density at radius 1 is 1.10 bits per heavy atom. The van der Waals surface area contributed by atoms with Crippen LogP contribution in [0.5, 0.6) is 5.75 Å². The molecule has 0 radical (unpaired) electrons. The van der Waals surface area contributed by atoms with Gasteiger partial charge in [-0.3, -0.25) is 4.79 Å². The molecule has 2 bridgehead atoms. The zero-order valence-corrected chi connectivity index (χ0v) is 18.7. The summed E-state index contributed by atoms with van der Waals surface area (Å²) in [5, 5.41) is 2.48. The van der Waals surface area contributed by atoms with E-state index in [0.29, 0.717) is 23.7 Å². The number of thiazole rings is 1. The molecule has 0 spiro atoms. The summed E-state index contributed by atoms with van der Waals surface area (Å²) in [7, 11) is 0. The summed E-state index contributed by atoms with van der Waals surface area (Å²) >= 11 is 9.41. The third-order valence-electron chi connectivity index (χ3n) is 7.00. The van der Waals surface area contributed by atoms with Gasteiger partial charge in [-0.15, -0.1) is 11.8 Å². The maximum Gasteiger partial charge on any atom is 0.305 e. The number of benzene rings is 2. The van der Waals surface area contributed by atoms with Crippen molar-refractivity contribution >= 4 is 34.7 Å². The van der Waals surface area contributed by atoms with Crippen molar-refractivity contribution in [3.63, 3.8) is 0 Å². The Morgan fingerprint density at radius 3 is 2.77 bits per heavy atom. The van der Waals surface area contributed by atoms with Crippen molar-refractivity contribution in [2.24, 2.45) is 17.8 Å². The molecule has 1 N–H and O–H groups in total. The fraction of sp³-hybridized carbons (Fsp3) is 0.375. The number of nitrogens with one attached hydrogen (secondary N) is 1. The zero-order chi connectivity index (χ0) is 20.2. The average Bonchev–Trinajstić information content (AvgIpc) is 3.45. The lowest BCUT2D eigenvalue weighted by molar-refractivity contribution is 0.302. The number of H-pyrrole nitrogens is 1. The van der Waals surface area contributed by atoms with Crippen molar-refractivity contribution in [3.8, 4) is 5.75 Å². The van der Waals surface area contributed by atoms with Gasteiger partial charge in [-0.2, -0.15) is 0 Å². The number of ether oxygens (including phenoxy) is 1. The molecule has 2 heterocycles. The van der Waals surface area contributed by atoms with E-state index in [2.05, 4.69) is 29.2 Å². The molecule has 6 heteroatoms. The van der Waals surface area contributed by atoms with Crippen LogP contribution in [0.1, 0.15) is 41.2 Å². The summed E-state index contributed by atoms with van der Waals surface area (Å²) < 4.78 is 5.98. The van der Waals surface area contributed by atoms with E-state index in [4.69, 9.17) is 16.3 Å². The van der Waals surface area contributed by atoms with E-state index in [1.54, 1.807) is 0 Å². The number of hydrogen-bond donors (Lipinski definition) is 1. The molecule has 6 rings (SSSR count). The Labute approximate surface area is 188 Å². The predicted molar refractivity (Wildman–Crippen MR) is 123 cm³/mol. The number of thioether (sulfide) groups is 1. The van der Waals surface area contributed by atoms with Gasteiger partial charge < -0.3 is 9.72 Å². The first-order chi connectivity index (χ1) is 14.7. The maximum absolute atomic E-state index is 12.2. The summed E-state index contributed by atoms with van der Waals surface area (Å²) in [5.41, 5.74) is 2.37. The fourth-order valence-corrected chi connectivity index (χ4v) is 8.89. The second-order valence-corrected chi connectivity index (χ2v) is 11.3. The third-order valence-corrected chi connectivity index (χ3v) is 9.86. The number of rotatable bonds is 4. The summed E-state index contributed by atoms with van der Waals surface area (Å²) in [4.78, 5) is 16.6. The Bertz CT molecular complexity index is 1140. The number of halogens is 1. The summed E-state index contributed by atoms with van der Waals surface area (Å²) in [6, 6.07) is 16.3. The van der Waals surface area contributed by atoms with Crippen molar-refractivity contribution < 1.29 is 4.74 Å². The van der Waals surface area contributed by atoms with Crippen molar-refractivity contribution in [3.05, 3.63) is 79.2 Å². The highest BCUT2D eigenvalue weighted by molar-refractivity contribution is 8.00. The van der Waals surface area contributed by atoms with Crippen molar-refractivity contribution in [1.29, 1.82) is 0 Å². The lowest BCUT2D eigenvalue weighted by Gasteiger charge is -2.40. The van der Waals surface area contributed by atoms with Gasteiger partial charge in [0.25, 0.3) is 0 Å². The molecule has 154 valence electrons. The van der Waals surface area contributed by atoms with Gasteiger partial charge in [0, 0.05) is 21.1 Å². The van der Waals surface area contributed by atoms with Crippen molar-refractivity contribution in [2.45, 2.75) is 42.1 Å². The van der Waals surface area contributed by atoms with Crippen molar-refractivity contribution in [1.82, 2.24) is 4.98 Å². The number of aromatic nitrogens is 1. The van der Waals surface area contributed by atoms with Gasteiger partial charge in [0.1, 0.15) is 12.4 Å². The molecular formula is C24H22ClNO2S2. The molecule has 0 amide bonds. The first-order valence-electron chi connectivity index (χ1n) is 10.5. The van der Waals surface area contributed by atoms with E-state index < -0.39 is 0 Å². The van der Waals surface area contributed by atoms with E-state index in [0.717, 1.165) is 33.2 Å². The number of hydrogen-bond acceptors (Lipinski definition) is 4. The average molecular weight is 456 g/mol. The molecule has 2 fully saturated rings. The highest BCUT2D eigenvalue weighted by Gasteiger charge is 2.54. The van der Waals surface area contributed by atoms with Gasteiger partial charge in [0.15, 0.2) is 0 Å². The molecule has 2 aliphatic carbocycles. The zero-order valence-electron chi connectivity index (χ0n) is 16.3. The molecule has 2 aromatic carbocycles. The smallest absolute Gasteiger partial charge is 0.305 e. The molecule has 5 atom stereocenters. The molecule has 3 aromatic rings. The molecule has 4 unspecified atom stereocenters. The third kappa shape index (κ3) is 3.22. The lowest BCUT2D eigenvalue weighted by Crippen LogP contribution is -2.33. The van der Waals surface area contributed by atoms with Crippen molar-refractivity contribution in [2.75, 3.05) is 0 Å². The standard InChI is InChI=1S/C24H22ClNO2S2/c25-17-3-1-2-13(10-17)12-28-18-8-6-14(7-9-18)19-20-15-4-5-16(11-15)21(20)29-23-22(19)30-24(27)26-23/h1-3,6-10,15-16,19-21H,4-5,11-12H2,(H,26,27)/t15?,16?,19-,20?,21?/m1/s1. The van der Waals surface area contributed by atoms with Crippen LogP contribution in [0.4, 0.5) is 0 Å². The highest BCUT2D eigenvalue weighted by Crippen LogP contribution is 2.63. The molecule has 3 aliphatic rings.